The summed E-state index contributed by atoms with van der Waals surface area (Å²) in [6.45, 7) is -1.44. The standard InChI is InChI=1S/C6H14NO5/c7-3(1-8)5(11)6(12)4(10)2-9/h3-6,9-12H,1-2,7H2/t3-,4+,5+,6-/m0/s1. The summed E-state index contributed by atoms with van der Waals surface area (Å²) < 4.78 is 0. The van der Waals surface area contributed by atoms with E-state index in [1.54, 1.807) is 0 Å². The summed E-state index contributed by atoms with van der Waals surface area (Å²) in [5, 5.41) is 45.4. The first-order chi connectivity index (χ1) is 5.54. The molecule has 0 aliphatic heterocycles. The quantitative estimate of drug-likeness (QED) is 0.305. The largest absolute Gasteiger partial charge is 0.394 e. The van der Waals surface area contributed by atoms with Crippen molar-refractivity contribution in [2.24, 2.45) is 5.73 Å². The van der Waals surface area contributed by atoms with Crippen molar-refractivity contribution < 1.29 is 25.5 Å². The predicted octanol–water partition coefficient (Wildman–Crippen LogP) is -3.18. The molecule has 0 rings (SSSR count). The van der Waals surface area contributed by atoms with Crippen molar-refractivity contribution in [2.75, 3.05) is 13.2 Å². The summed E-state index contributed by atoms with van der Waals surface area (Å²) in [4.78, 5) is 0. The van der Waals surface area contributed by atoms with Crippen molar-refractivity contribution in [3.8, 4) is 0 Å². The zero-order valence-electron chi connectivity index (χ0n) is 6.50. The highest BCUT2D eigenvalue weighted by molar-refractivity contribution is 4.82. The molecule has 0 bridgehead atoms. The summed E-state index contributed by atoms with van der Waals surface area (Å²) >= 11 is 0. The van der Waals surface area contributed by atoms with Gasteiger partial charge in [-0.15, -0.1) is 0 Å². The first-order valence-electron chi connectivity index (χ1n) is 3.53. The van der Waals surface area contributed by atoms with E-state index in [0.717, 1.165) is 0 Å². The van der Waals surface area contributed by atoms with Gasteiger partial charge in [-0.25, -0.2) is 5.11 Å². The second-order valence-electron chi connectivity index (χ2n) is 2.56. The van der Waals surface area contributed by atoms with Gasteiger partial charge in [0.15, 0.2) is 0 Å². The van der Waals surface area contributed by atoms with Gasteiger partial charge < -0.3 is 26.2 Å². The molecule has 6 heteroatoms. The summed E-state index contributed by atoms with van der Waals surface area (Å²) in [6.07, 6.45) is -4.57. The minimum absolute atomic E-state index is 0.691. The molecule has 0 heterocycles. The zero-order chi connectivity index (χ0) is 9.72. The van der Waals surface area contributed by atoms with Crippen LogP contribution in [0.2, 0.25) is 0 Å². The lowest BCUT2D eigenvalue weighted by Crippen LogP contribution is -2.50. The van der Waals surface area contributed by atoms with Gasteiger partial charge >= 0.3 is 0 Å². The SMILES string of the molecule is N[C@@H](C[O])[C@@H](O)[C@@H](O)[C@H](O)CO. The lowest BCUT2D eigenvalue weighted by Gasteiger charge is -2.24. The highest BCUT2D eigenvalue weighted by Crippen LogP contribution is 2.02. The highest BCUT2D eigenvalue weighted by atomic mass is 16.4. The predicted molar refractivity (Wildman–Crippen MR) is 38.6 cm³/mol. The summed E-state index contributed by atoms with van der Waals surface area (Å²) in [5.74, 6) is 0. The van der Waals surface area contributed by atoms with E-state index < -0.39 is 37.6 Å². The molecule has 0 spiro atoms. The van der Waals surface area contributed by atoms with Gasteiger partial charge in [-0.05, 0) is 0 Å². The number of aliphatic hydroxyl groups is 4. The number of aliphatic hydroxyl groups excluding tert-OH is 4. The van der Waals surface area contributed by atoms with Crippen LogP contribution in [0.15, 0.2) is 0 Å². The van der Waals surface area contributed by atoms with E-state index in [0.29, 0.717) is 0 Å². The number of nitrogens with two attached hydrogens (primary N) is 1. The lowest BCUT2D eigenvalue weighted by molar-refractivity contribution is -0.0898. The number of hydrogen-bond donors (Lipinski definition) is 5. The molecular weight excluding hydrogens is 166 g/mol. The van der Waals surface area contributed by atoms with Crippen LogP contribution in [0.5, 0.6) is 0 Å². The molecule has 0 aromatic carbocycles. The fourth-order valence-corrected chi connectivity index (χ4v) is 0.687. The number of hydrogen-bond acceptors (Lipinski definition) is 5. The van der Waals surface area contributed by atoms with Gasteiger partial charge in [0, 0.05) is 0 Å². The highest BCUT2D eigenvalue weighted by Gasteiger charge is 2.28. The molecule has 6 nitrogen and oxygen atoms in total. The fourth-order valence-electron chi connectivity index (χ4n) is 0.687. The summed E-state index contributed by atoms with van der Waals surface area (Å²) in [6, 6.07) is -1.14. The molecule has 6 N–H and O–H groups in total. The Kier molecular flexibility index (Phi) is 5.31. The molecule has 12 heavy (non-hydrogen) atoms. The number of rotatable bonds is 5. The van der Waals surface area contributed by atoms with Crippen molar-refractivity contribution in [3.63, 3.8) is 0 Å². The van der Waals surface area contributed by atoms with Gasteiger partial charge in [0.1, 0.15) is 12.2 Å². The molecule has 73 valence electrons. The molecule has 0 aromatic rings. The third-order valence-corrected chi connectivity index (χ3v) is 1.56. The molecule has 0 aliphatic carbocycles. The Morgan fingerprint density at radius 2 is 1.67 bits per heavy atom. The van der Waals surface area contributed by atoms with Crippen LogP contribution in [0, 0.1) is 0 Å². The summed E-state index contributed by atoms with van der Waals surface area (Å²) in [5.41, 5.74) is 5.09. The fraction of sp³-hybridized carbons (Fsp3) is 1.00. The maximum atomic E-state index is 10.1. The van der Waals surface area contributed by atoms with Crippen LogP contribution in [0.3, 0.4) is 0 Å². The van der Waals surface area contributed by atoms with Crippen LogP contribution in [-0.2, 0) is 5.11 Å². The molecule has 0 fully saturated rings. The normalized spacial score (nSPS) is 21.5. The Hall–Kier alpha value is -0.240. The van der Waals surface area contributed by atoms with E-state index in [1.807, 2.05) is 0 Å². The Morgan fingerprint density at radius 3 is 2.00 bits per heavy atom. The van der Waals surface area contributed by atoms with E-state index in [1.165, 1.54) is 0 Å². The van der Waals surface area contributed by atoms with Gasteiger partial charge in [-0.3, -0.25) is 0 Å². The first kappa shape index (κ1) is 11.8. The van der Waals surface area contributed by atoms with Crippen LogP contribution in [0.1, 0.15) is 0 Å². The smallest absolute Gasteiger partial charge is 0.110 e. The molecule has 4 atom stereocenters. The second kappa shape index (κ2) is 5.41. The van der Waals surface area contributed by atoms with Crippen molar-refractivity contribution in [2.45, 2.75) is 24.4 Å². The van der Waals surface area contributed by atoms with Crippen LogP contribution in [0.4, 0.5) is 0 Å². The lowest BCUT2D eigenvalue weighted by atomic mass is 10.0. The van der Waals surface area contributed by atoms with Gasteiger partial charge in [0.25, 0.3) is 0 Å². The van der Waals surface area contributed by atoms with Gasteiger partial charge in [0.2, 0.25) is 0 Å². The van der Waals surface area contributed by atoms with Crippen molar-refractivity contribution in [1.29, 1.82) is 0 Å². The van der Waals surface area contributed by atoms with Crippen LogP contribution >= 0.6 is 0 Å². The van der Waals surface area contributed by atoms with Crippen molar-refractivity contribution >= 4 is 0 Å². The van der Waals surface area contributed by atoms with E-state index in [9.17, 15) is 5.11 Å². The Balaban J connectivity index is 3.99. The minimum atomic E-state index is -1.58. The molecule has 0 aromatic heterocycles. The van der Waals surface area contributed by atoms with Crippen molar-refractivity contribution in [1.82, 2.24) is 0 Å². The second-order valence-corrected chi connectivity index (χ2v) is 2.56. The van der Waals surface area contributed by atoms with E-state index in [-0.39, 0.29) is 0 Å². The van der Waals surface area contributed by atoms with Crippen LogP contribution < -0.4 is 5.73 Å². The van der Waals surface area contributed by atoms with Crippen LogP contribution in [-0.4, -0.2) is 58.0 Å². The van der Waals surface area contributed by atoms with Crippen molar-refractivity contribution in [3.05, 3.63) is 0 Å². The average molecular weight is 180 g/mol. The maximum absolute atomic E-state index is 10.1. The molecule has 0 saturated carbocycles. The average Bonchev–Trinajstić information content (AvgIpc) is 2.12. The Labute approximate surface area is 69.9 Å². The molecule has 1 radical (unpaired) electrons. The third-order valence-electron chi connectivity index (χ3n) is 1.56. The molecule has 0 aliphatic rings. The minimum Gasteiger partial charge on any atom is -0.394 e. The Bertz CT molecular complexity index is 109. The van der Waals surface area contributed by atoms with Gasteiger partial charge in [-0.1, -0.05) is 0 Å². The van der Waals surface area contributed by atoms with E-state index >= 15 is 0 Å². The molecular formula is C6H14NO5. The monoisotopic (exact) mass is 180 g/mol. The molecule has 0 amide bonds. The third kappa shape index (κ3) is 3.02. The summed E-state index contributed by atoms with van der Waals surface area (Å²) in [7, 11) is 0. The topological polar surface area (TPSA) is 127 Å². The zero-order valence-corrected chi connectivity index (χ0v) is 6.50. The molecule has 0 unspecified atom stereocenters. The maximum Gasteiger partial charge on any atom is 0.110 e. The first-order valence-corrected chi connectivity index (χ1v) is 3.53. The van der Waals surface area contributed by atoms with Gasteiger partial charge in [-0.2, -0.15) is 0 Å². The van der Waals surface area contributed by atoms with E-state index in [2.05, 4.69) is 0 Å². The van der Waals surface area contributed by atoms with E-state index in [4.69, 9.17) is 26.2 Å². The van der Waals surface area contributed by atoms with Gasteiger partial charge in [0.05, 0.1) is 25.4 Å². The molecule has 0 saturated heterocycles. The Morgan fingerprint density at radius 1 is 1.17 bits per heavy atom. The van der Waals surface area contributed by atoms with Crippen LogP contribution in [0.25, 0.3) is 0 Å².